The molecule has 0 saturated carbocycles. The largest absolute Gasteiger partial charge is 0.478 e. The van der Waals surface area contributed by atoms with Crippen LogP contribution >= 0.6 is 0 Å². The van der Waals surface area contributed by atoms with Gasteiger partial charge in [0.1, 0.15) is 0 Å². The molecule has 0 aliphatic rings. The molecule has 0 bridgehead atoms. The van der Waals surface area contributed by atoms with Crippen LogP contribution in [0.2, 0.25) is 0 Å². The van der Waals surface area contributed by atoms with Gasteiger partial charge in [-0.2, -0.15) is 0 Å². The maximum atomic E-state index is 12.3. The van der Waals surface area contributed by atoms with Gasteiger partial charge in [0, 0.05) is 5.57 Å². The Labute approximate surface area is 194 Å². The predicted molar refractivity (Wildman–Crippen MR) is 135 cm³/mol. The number of benzene rings is 2. The Morgan fingerprint density at radius 2 is 1.48 bits per heavy atom. The molecule has 4 heteroatoms. The number of rotatable bonds is 10. The van der Waals surface area contributed by atoms with Gasteiger partial charge in [0.15, 0.2) is 0 Å². The number of aliphatic carboxylic acids is 2. The van der Waals surface area contributed by atoms with E-state index in [0.717, 1.165) is 11.1 Å². The molecule has 0 spiro atoms. The third kappa shape index (κ3) is 7.18. The van der Waals surface area contributed by atoms with Crippen LogP contribution in [0.1, 0.15) is 31.4 Å². The van der Waals surface area contributed by atoms with Crippen LogP contribution in [0.15, 0.2) is 120 Å². The van der Waals surface area contributed by atoms with Crippen LogP contribution in [-0.4, -0.2) is 22.2 Å². The zero-order chi connectivity index (χ0) is 24.2. The van der Waals surface area contributed by atoms with E-state index < -0.39 is 11.9 Å². The second-order valence-electron chi connectivity index (χ2n) is 7.22. The Balaban J connectivity index is 2.91. The molecule has 2 aromatic carbocycles. The first-order valence-electron chi connectivity index (χ1n) is 10.6. The van der Waals surface area contributed by atoms with Crippen molar-refractivity contribution >= 4 is 23.6 Å². The van der Waals surface area contributed by atoms with Gasteiger partial charge in [0.05, 0.1) is 5.57 Å². The smallest absolute Gasteiger partial charge is 0.335 e. The Hall–Kier alpha value is -4.18. The molecular formula is C29H28O4. The average molecular weight is 441 g/mol. The Morgan fingerprint density at radius 1 is 0.879 bits per heavy atom. The number of carboxylic acids is 2. The normalized spacial score (nSPS) is 13.6. The second-order valence-corrected chi connectivity index (χ2v) is 7.22. The summed E-state index contributed by atoms with van der Waals surface area (Å²) < 4.78 is 0. The minimum Gasteiger partial charge on any atom is -0.478 e. The van der Waals surface area contributed by atoms with Gasteiger partial charge in [-0.15, -0.1) is 0 Å². The van der Waals surface area contributed by atoms with E-state index >= 15 is 0 Å². The van der Waals surface area contributed by atoms with Crippen LogP contribution < -0.4 is 0 Å². The molecule has 2 rings (SSSR count). The predicted octanol–water partition coefficient (Wildman–Crippen LogP) is 6.72. The lowest BCUT2D eigenvalue weighted by molar-refractivity contribution is -0.133. The molecule has 0 fully saturated rings. The highest BCUT2D eigenvalue weighted by molar-refractivity contribution is 5.97. The third-order valence-corrected chi connectivity index (χ3v) is 4.95. The molecule has 2 aromatic rings. The fourth-order valence-electron chi connectivity index (χ4n) is 3.30. The molecule has 0 radical (unpaired) electrons. The fraction of sp³-hybridized carbons (Fsp3) is 0.103. The number of carbonyl (C=O) groups is 2. The van der Waals surface area contributed by atoms with Gasteiger partial charge in [-0.05, 0) is 53.3 Å². The summed E-state index contributed by atoms with van der Waals surface area (Å²) in [5.41, 5.74) is 3.77. The number of hydrogen-bond acceptors (Lipinski definition) is 2. The van der Waals surface area contributed by atoms with E-state index in [-0.39, 0.29) is 11.1 Å². The molecule has 33 heavy (non-hydrogen) atoms. The summed E-state index contributed by atoms with van der Waals surface area (Å²) in [6, 6.07) is 18.8. The molecule has 0 aliphatic carbocycles. The molecule has 0 unspecified atom stereocenters. The van der Waals surface area contributed by atoms with Crippen molar-refractivity contribution in [3.63, 3.8) is 0 Å². The summed E-state index contributed by atoms with van der Waals surface area (Å²) in [6.45, 7) is 7.13. The van der Waals surface area contributed by atoms with Crippen molar-refractivity contribution in [1.82, 2.24) is 0 Å². The van der Waals surface area contributed by atoms with Crippen molar-refractivity contribution in [1.29, 1.82) is 0 Å². The van der Waals surface area contributed by atoms with Crippen molar-refractivity contribution in [3.05, 3.63) is 131 Å². The van der Waals surface area contributed by atoms with Crippen molar-refractivity contribution in [3.8, 4) is 0 Å². The van der Waals surface area contributed by atoms with E-state index in [1.54, 1.807) is 36.5 Å². The van der Waals surface area contributed by atoms with Crippen molar-refractivity contribution in [2.24, 2.45) is 0 Å². The van der Waals surface area contributed by atoms with Gasteiger partial charge in [-0.3, -0.25) is 0 Å². The maximum Gasteiger partial charge on any atom is 0.335 e. The van der Waals surface area contributed by atoms with Crippen LogP contribution in [0.4, 0.5) is 0 Å². The molecule has 0 amide bonds. The van der Waals surface area contributed by atoms with Crippen molar-refractivity contribution < 1.29 is 19.8 Å². The van der Waals surface area contributed by atoms with Gasteiger partial charge < -0.3 is 10.2 Å². The van der Waals surface area contributed by atoms with E-state index in [4.69, 9.17) is 0 Å². The Bertz CT molecular complexity index is 1140. The highest BCUT2D eigenvalue weighted by Crippen LogP contribution is 2.32. The monoisotopic (exact) mass is 440 g/mol. The minimum atomic E-state index is -1.06. The van der Waals surface area contributed by atoms with Crippen molar-refractivity contribution in [2.45, 2.75) is 20.3 Å². The lowest BCUT2D eigenvalue weighted by Crippen LogP contribution is -2.06. The van der Waals surface area contributed by atoms with Crippen LogP contribution in [0.3, 0.4) is 0 Å². The van der Waals surface area contributed by atoms with Crippen molar-refractivity contribution in [2.75, 3.05) is 0 Å². The summed E-state index contributed by atoms with van der Waals surface area (Å²) in [5.74, 6) is -2.10. The quantitative estimate of drug-likeness (QED) is 0.318. The van der Waals surface area contributed by atoms with Crippen LogP contribution in [0.5, 0.6) is 0 Å². The summed E-state index contributed by atoms with van der Waals surface area (Å²) in [5, 5.41) is 19.6. The van der Waals surface area contributed by atoms with E-state index in [2.05, 4.69) is 6.58 Å². The maximum absolute atomic E-state index is 12.3. The van der Waals surface area contributed by atoms with E-state index in [0.29, 0.717) is 23.1 Å². The van der Waals surface area contributed by atoms with Crippen LogP contribution in [-0.2, 0) is 9.59 Å². The topological polar surface area (TPSA) is 74.6 Å². The lowest BCUT2D eigenvalue weighted by atomic mass is 9.88. The Morgan fingerprint density at radius 3 is 2.00 bits per heavy atom. The first kappa shape index (κ1) is 25.1. The van der Waals surface area contributed by atoms with Crippen LogP contribution in [0.25, 0.3) is 11.6 Å². The summed E-state index contributed by atoms with van der Waals surface area (Å²) in [4.78, 5) is 23.9. The summed E-state index contributed by atoms with van der Waals surface area (Å²) >= 11 is 0. The molecule has 0 aliphatic heterocycles. The van der Waals surface area contributed by atoms with Crippen LogP contribution in [0, 0.1) is 0 Å². The molecular weight excluding hydrogens is 412 g/mol. The van der Waals surface area contributed by atoms with Gasteiger partial charge >= 0.3 is 11.9 Å². The second kappa shape index (κ2) is 12.6. The summed E-state index contributed by atoms with van der Waals surface area (Å²) in [6.07, 6.45) is 10.5. The van der Waals surface area contributed by atoms with Gasteiger partial charge in [-0.25, -0.2) is 9.59 Å². The fourth-order valence-corrected chi connectivity index (χ4v) is 3.30. The lowest BCUT2D eigenvalue weighted by Gasteiger charge is -2.16. The molecule has 168 valence electrons. The zero-order valence-electron chi connectivity index (χ0n) is 18.9. The minimum absolute atomic E-state index is 0.139. The van der Waals surface area contributed by atoms with E-state index in [1.165, 1.54) is 6.92 Å². The molecule has 2 N–H and O–H groups in total. The number of hydrogen-bond donors (Lipinski definition) is 2. The highest BCUT2D eigenvalue weighted by atomic mass is 16.4. The SMILES string of the molecule is C=CC=CC(C(CC)=C(C=Cc1ccccc1)C(=O)O)=C(C=C(C)C(=O)O)c1ccccc1. The first-order valence-corrected chi connectivity index (χ1v) is 10.6. The molecule has 0 aromatic heterocycles. The molecule has 0 atom stereocenters. The standard InChI is InChI=1S/C29H28O4/c1-4-6-17-25(27(20-21(3)28(30)31)23-15-11-8-12-16-23)24(5-2)26(29(32)33)19-18-22-13-9-7-10-14-22/h4,6-20H,1,5H2,2-3H3,(H,30,31)(H,32,33). The molecule has 0 saturated heterocycles. The third-order valence-electron chi connectivity index (χ3n) is 4.95. The highest BCUT2D eigenvalue weighted by Gasteiger charge is 2.17. The molecule has 0 heterocycles. The first-order chi connectivity index (χ1) is 15.9. The van der Waals surface area contributed by atoms with E-state index in [1.807, 2.05) is 67.6 Å². The molecule has 4 nitrogen and oxygen atoms in total. The summed E-state index contributed by atoms with van der Waals surface area (Å²) in [7, 11) is 0. The number of allylic oxidation sites excluding steroid dienone is 7. The van der Waals surface area contributed by atoms with Gasteiger partial charge in [0.25, 0.3) is 0 Å². The Kier molecular flexibility index (Phi) is 9.59. The average Bonchev–Trinajstić information content (AvgIpc) is 2.82. The van der Waals surface area contributed by atoms with E-state index in [9.17, 15) is 19.8 Å². The van der Waals surface area contributed by atoms with Gasteiger partial charge in [-0.1, -0.05) is 98.5 Å². The number of carboxylic acid groups (broad SMARTS) is 2. The zero-order valence-corrected chi connectivity index (χ0v) is 18.9. The van der Waals surface area contributed by atoms with Gasteiger partial charge in [0.2, 0.25) is 0 Å².